The molecule has 4 heteroatoms. The molecule has 3 aliphatic heterocycles. The lowest BCUT2D eigenvalue weighted by molar-refractivity contribution is -0.0389. The predicted octanol–water partition coefficient (Wildman–Crippen LogP) is 2.95. The molecule has 0 amide bonds. The Hall–Kier alpha value is -0.970. The third-order valence-electron chi connectivity index (χ3n) is 5.56. The minimum Gasteiger partial charge on any atom is -0.381 e. The first-order chi connectivity index (χ1) is 10.8. The largest absolute Gasteiger partial charge is 0.381 e. The third kappa shape index (κ3) is 2.92. The van der Waals surface area contributed by atoms with Crippen LogP contribution in [-0.4, -0.2) is 47.8 Å². The van der Waals surface area contributed by atoms with Gasteiger partial charge in [-0.1, -0.05) is 6.07 Å². The van der Waals surface area contributed by atoms with E-state index < -0.39 is 0 Å². The van der Waals surface area contributed by atoms with Gasteiger partial charge < -0.3 is 9.47 Å². The van der Waals surface area contributed by atoms with E-state index in [4.69, 9.17) is 9.47 Å². The van der Waals surface area contributed by atoms with Crippen LogP contribution < -0.4 is 0 Å². The molecular weight excluding hydrogens is 276 g/mol. The SMILES string of the molecule is c1ccc(C2CC[C@]3(CCN(C4CCCOCC4)C3)O2)nc1. The van der Waals surface area contributed by atoms with Gasteiger partial charge in [0.1, 0.15) is 6.10 Å². The molecule has 0 radical (unpaired) electrons. The Kier molecular flexibility index (Phi) is 4.16. The molecule has 3 aliphatic rings. The summed E-state index contributed by atoms with van der Waals surface area (Å²) in [5, 5.41) is 0. The van der Waals surface area contributed by atoms with E-state index in [1.165, 1.54) is 38.6 Å². The molecule has 0 aromatic carbocycles. The summed E-state index contributed by atoms with van der Waals surface area (Å²) < 4.78 is 12.1. The fourth-order valence-electron chi connectivity index (χ4n) is 4.33. The van der Waals surface area contributed by atoms with Gasteiger partial charge in [0, 0.05) is 38.5 Å². The van der Waals surface area contributed by atoms with Gasteiger partial charge in [-0.15, -0.1) is 0 Å². The Morgan fingerprint density at radius 1 is 1.14 bits per heavy atom. The Bertz CT molecular complexity index is 487. The zero-order valence-electron chi connectivity index (χ0n) is 13.2. The summed E-state index contributed by atoms with van der Waals surface area (Å²) in [6.45, 7) is 4.14. The molecule has 120 valence electrons. The highest BCUT2D eigenvalue weighted by atomic mass is 16.5. The van der Waals surface area contributed by atoms with E-state index in [-0.39, 0.29) is 11.7 Å². The van der Waals surface area contributed by atoms with Gasteiger partial charge in [-0.25, -0.2) is 0 Å². The van der Waals surface area contributed by atoms with E-state index in [9.17, 15) is 0 Å². The van der Waals surface area contributed by atoms with Crippen LogP contribution in [0, 0.1) is 0 Å². The molecular formula is C18H26N2O2. The minimum absolute atomic E-state index is 0.0787. The molecule has 4 nitrogen and oxygen atoms in total. The second-order valence-corrected chi connectivity index (χ2v) is 7.00. The van der Waals surface area contributed by atoms with E-state index in [2.05, 4.69) is 22.0 Å². The average molecular weight is 302 g/mol. The fraction of sp³-hybridized carbons (Fsp3) is 0.722. The van der Waals surface area contributed by atoms with Crippen molar-refractivity contribution < 1.29 is 9.47 Å². The summed E-state index contributed by atoms with van der Waals surface area (Å²) in [4.78, 5) is 7.14. The molecule has 3 saturated heterocycles. The van der Waals surface area contributed by atoms with Crippen LogP contribution in [-0.2, 0) is 9.47 Å². The number of pyridine rings is 1. The molecule has 3 fully saturated rings. The van der Waals surface area contributed by atoms with Crippen molar-refractivity contribution in [3.8, 4) is 0 Å². The van der Waals surface area contributed by atoms with E-state index >= 15 is 0 Å². The average Bonchev–Trinajstić information content (AvgIpc) is 3.07. The number of likely N-dealkylation sites (tertiary alicyclic amines) is 1. The Morgan fingerprint density at radius 3 is 3.05 bits per heavy atom. The second-order valence-electron chi connectivity index (χ2n) is 7.00. The van der Waals surface area contributed by atoms with Crippen molar-refractivity contribution in [2.24, 2.45) is 0 Å². The smallest absolute Gasteiger partial charge is 0.100 e. The molecule has 3 atom stereocenters. The first-order valence-electron chi connectivity index (χ1n) is 8.75. The Balaban J connectivity index is 1.40. The number of nitrogens with zero attached hydrogens (tertiary/aromatic N) is 2. The van der Waals surface area contributed by atoms with Crippen LogP contribution >= 0.6 is 0 Å². The monoisotopic (exact) mass is 302 g/mol. The van der Waals surface area contributed by atoms with Crippen molar-refractivity contribution in [2.45, 2.75) is 56.3 Å². The van der Waals surface area contributed by atoms with Crippen LogP contribution in [0.5, 0.6) is 0 Å². The Labute approximate surface area is 132 Å². The van der Waals surface area contributed by atoms with Gasteiger partial charge >= 0.3 is 0 Å². The standard InChI is InChI=1S/C18H26N2O2/c1-2-10-19-16(5-1)17-6-8-18(22-17)9-11-20(14-18)15-4-3-12-21-13-7-15/h1-2,5,10,15,17H,3-4,6-9,11-14H2/t15?,17?,18-/m1/s1. The van der Waals surface area contributed by atoms with Crippen molar-refractivity contribution in [1.29, 1.82) is 0 Å². The van der Waals surface area contributed by atoms with E-state index in [1.54, 1.807) is 0 Å². The lowest BCUT2D eigenvalue weighted by atomic mass is 9.98. The number of rotatable bonds is 2. The molecule has 0 saturated carbocycles. The molecule has 1 aromatic heterocycles. The van der Waals surface area contributed by atoms with E-state index in [1.807, 2.05) is 12.3 Å². The normalized spacial score (nSPS) is 36.7. The molecule has 4 rings (SSSR count). The summed E-state index contributed by atoms with van der Waals surface area (Å²) in [5.41, 5.74) is 1.18. The van der Waals surface area contributed by atoms with Crippen LogP contribution in [0.2, 0.25) is 0 Å². The highest BCUT2D eigenvalue weighted by Gasteiger charge is 2.47. The lowest BCUT2D eigenvalue weighted by Gasteiger charge is -2.29. The van der Waals surface area contributed by atoms with Crippen molar-refractivity contribution in [3.63, 3.8) is 0 Å². The summed E-state index contributed by atoms with van der Waals surface area (Å²) in [5.74, 6) is 0. The van der Waals surface area contributed by atoms with Crippen molar-refractivity contribution >= 4 is 0 Å². The molecule has 2 unspecified atom stereocenters. The summed E-state index contributed by atoms with van der Waals surface area (Å²) >= 11 is 0. The molecule has 1 aromatic rings. The van der Waals surface area contributed by atoms with Crippen LogP contribution in [0.4, 0.5) is 0 Å². The highest BCUT2D eigenvalue weighted by molar-refractivity contribution is 5.11. The summed E-state index contributed by atoms with van der Waals surface area (Å²) in [6.07, 6.45) is 9.18. The number of aromatic nitrogens is 1. The van der Waals surface area contributed by atoms with Gasteiger partial charge in [-0.2, -0.15) is 0 Å². The maximum atomic E-state index is 6.51. The van der Waals surface area contributed by atoms with Crippen LogP contribution in [0.25, 0.3) is 0 Å². The topological polar surface area (TPSA) is 34.6 Å². The van der Waals surface area contributed by atoms with E-state index in [0.717, 1.165) is 31.9 Å². The lowest BCUT2D eigenvalue weighted by Crippen LogP contribution is -2.38. The maximum absolute atomic E-state index is 6.51. The molecule has 0 N–H and O–H groups in total. The number of ether oxygens (including phenoxy) is 2. The van der Waals surface area contributed by atoms with Gasteiger partial charge in [-0.3, -0.25) is 9.88 Å². The zero-order chi connectivity index (χ0) is 14.8. The summed E-state index contributed by atoms with van der Waals surface area (Å²) in [7, 11) is 0. The van der Waals surface area contributed by atoms with Gasteiger partial charge in [-0.05, 0) is 50.7 Å². The highest BCUT2D eigenvalue weighted by Crippen LogP contribution is 2.44. The van der Waals surface area contributed by atoms with Crippen molar-refractivity contribution in [2.75, 3.05) is 26.3 Å². The van der Waals surface area contributed by atoms with E-state index in [0.29, 0.717) is 6.04 Å². The third-order valence-corrected chi connectivity index (χ3v) is 5.56. The molecule has 4 heterocycles. The predicted molar refractivity (Wildman–Crippen MR) is 84.7 cm³/mol. The van der Waals surface area contributed by atoms with Crippen molar-refractivity contribution in [3.05, 3.63) is 30.1 Å². The molecule has 1 spiro atoms. The Morgan fingerprint density at radius 2 is 2.14 bits per heavy atom. The van der Waals surface area contributed by atoms with Crippen LogP contribution in [0.15, 0.2) is 24.4 Å². The van der Waals surface area contributed by atoms with Gasteiger partial charge in [0.2, 0.25) is 0 Å². The van der Waals surface area contributed by atoms with Gasteiger partial charge in [0.25, 0.3) is 0 Å². The number of hydrogen-bond donors (Lipinski definition) is 0. The molecule has 0 bridgehead atoms. The fourth-order valence-corrected chi connectivity index (χ4v) is 4.33. The molecule has 22 heavy (non-hydrogen) atoms. The maximum Gasteiger partial charge on any atom is 0.100 e. The quantitative estimate of drug-likeness (QED) is 0.841. The molecule has 0 aliphatic carbocycles. The van der Waals surface area contributed by atoms with Gasteiger partial charge in [0.15, 0.2) is 0 Å². The van der Waals surface area contributed by atoms with Crippen LogP contribution in [0.1, 0.15) is 50.3 Å². The van der Waals surface area contributed by atoms with Gasteiger partial charge in [0.05, 0.1) is 11.3 Å². The zero-order valence-corrected chi connectivity index (χ0v) is 13.2. The second kappa shape index (κ2) is 6.26. The van der Waals surface area contributed by atoms with Crippen molar-refractivity contribution in [1.82, 2.24) is 9.88 Å². The number of hydrogen-bond acceptors (Lipinski definition) is 4. The summed E-state index contributed by atoms with van der Waals surface area (Å²) in [6, 6.07) is 6.82. The first kappa shape index (κ1) is 14.6. The van der Waals surface area contributed by atoms with Crippen LogP contribution in [0.3, 0.4) is 0 Å². The minimum atomic E-state index is 0.0787. The first-order valence-corrected chi connectivity index (χ1v) is 8.75.